The summed E-state index contributed by atoms with van der Waals surface area (Å²) < 4.78 is 10.6. The first-order valence-electron chi connectivity index (χ1n) is 6.19. The van der Waals surface area contributed by atoms with Crippen molar-refractivity contribution in [3.05, 3.63) is 23.8 Å². The van der Waals surface area contributed by atoms with Gasteiger partial charge in [-0.2, -0.15) is 0 Å². The first kappa shape index (κ1) is 12.2. The molecule has 0 amide bonds. The Morgan fingerprint density at radius 2 is 1.88 bits per heavy atom. The third-order valence-corrected chi connectivity index (χ3v) is 3.70. The minimum absolute atomic E-state index is 0.434. The molecule has 0 saturated heterocycles. The largest absolute Gasteiger partial charge is 0.493 e. The van der Waals surface area contributed by atoms with Gasteiger partial charge in [-0.25, -0.2) is 0 Å². The van der Waals surface area contributed by atoms with Crippen molar-refractivity contribution < 1.29 is 9.47 Å². The van der Waals surface area contributed by atoms with E-state index in [-0.39, 0.29) is 0 Å². The van der Waals surface area contributed by atoms with Gasteiger partial charge in [-0.15, -0.1) is 0 Å². The van der Waals surface area contributed by atoms with E-state index in [4.69, 9.17) is 9.47 Å². The van der Waals surface area contributed by atoms with Gasteiger partial charge in [0.05, 0.1) is 14.2 Å². The molecular formula is C14H21NO2. The molecule has 3 nitrogen and oxygen atoms in total. The van der Waals surface area contributed by atoms with E-state index in [0.29, 0.717) is 6.04 Å². The van der Waals surface area contributed by atoms with Crippen molar-refractivity contribution in [2.45, 2.75) is 25.3 Å². The van der Waals surface area contributed by atoms with Gasteiger partial charge in [0.25, 0.3) is 0 Å². The second kappa shape index (κ2) is 5.41. The second-order valence-corrected chi connectivity index (χ2v) is 4.57. The van der Waals surface area contributed by atoms with Crippen LogP contribution in [0, 0.1) is 5.92 Å². The minimum atomic E-state index is 0.434. The summed E-state index contributed by atoms with van der Waals surface area (Å²) in [6, 6.07) is 6.62. The highest BCUT2D eigenvalue weighted by molar-refractivity contribution is 5.44. The maximum atomic E-state index is 5.35. The van der Waals surface area contributed by atoms with Crippen LogP contribution in [-0.2, 0) is 0 Å². The van der Waals surface area contributed by atoms with E-state index in [1.54, 1.807) is 14.2 Å². The zero-order valence-electron chi connectivity index (χ0n) is 10.8. The molecule has 0 heterocycles. The molecule has 0 bridgehead atoms. The second-order valence-electron chi connectivity index (χ2n) is 4.57. The Bertz CT molecular complexity index is 374. The van der Waals surface area contributed by atoms with Crippen molar-refractivity contribution >= 4 is 0 Å². The number of methoxy groups -OCH3 is 2. The molecule has 0 aliphatic heterocycles. The summed E-state index contributed by atoms with van der Waals surface area (Å²) in [4.78, 5) is 0. The Balaban J connectivity index is 2.24. The summed E-state index contributed by atoms with van der Waals surface area (Å²) in [6.45, 7) is 0. The molecule has 1 atom stereocenters. The summed E-state index contributed by atoms with van der Waals surface area (Å²) in [7, 11) is 5.37. The Kier molecular flexibility index (Phi) is 3.89. The van der Waals surface area contributed by atoms with Crippen LogP contribution in [0.4, 0.5) is 0 Å². The first-order chi connectivity index (χ1) is 8.30. The molecule has 2 rings (SSSR count). The standard InChI is InChI=1S/C14H21NO2/c1-15-14(10-5-4-6-10)11-7-8-12(16-2)13(9-11)17-3/h7-10,14-15H,4-6H2,1-3H3. The maximum absolute atomic E-state index is 5.35. The van der Waals surface area contributed by atoms with Crippen LogP contribution in [0.3, 0.4) is 0 Å². The molecule has 1 N–H and O–H groups in total. The average Bonchev–Trinajstić information content (AvgIpc) is 2.32. The molecule has 3 heteroatoms. The van der Waals surface area contributed by atoms with E-state index in [9.17, 15) is 0 Å². The van der Waals surface area contributed by atoms with Gasteiger partial charge in [-0.05, 0) is 43.5 Å². The molecule has 94 valence electrons. The van der Waals surface area contributed by atoms with Crippen molar-refractivity contribution in [2.75, 3.05) is 21.3 Å². The van der Waals surface area contributed by atoms with E-state index in [1.807, 2.05) is 13.1 Å². The Hall–Kier alpha value is -1.22. The predicted molar refractivity (Wildman–Crippen MR) is 68.7 cm³/mol. The van der Waals surface area contributed by atoms with Crippen LogP contribution in [0.2, 0.25) is 0 Å². The molecule has 0 spiro atoms. The van der Waals surface area contributed by atoms with Crippen molar-refractivity contribution in [3.63, 3.8) is 0 Å². The van der Waals surface area contributed by atoms with Gasteiger partial charge < -0.3 is 14.8 Å². The van der Waals surface area contributed by atoms with Crippen LogP contribution in [0.25, 0.3) is 0 Å². The third-order valence-electron chi connectivity index (χ3n) is 3.70. The van der Waals surface area contributed by atoms with E-state index >= 15 is 0 Å². The van der Waals surface area contributed by atoms with Gasteiger partial charge >= 0.3 is 0 Å². The van der Waals surface area contributed by atoms with Gasteiger partial charge in [0.1, 0.15) is 0 Å². The number of ether oxygens (including phenoxy) is 2. The highest BCUT2D eigenvalue weighted by Crippen LogP contribution is 2.39. The lowest BCUT2D eigenvalue weighted by Gasteiger charge is -2.34. The maximum Gasteiger partial charge on any atom is 0.161 e. The molecule has 1 aromatic carbocycles. The summed E-state index contributed by atoms with van der Waals surface area (Å²) in [5, 5.41) is 3.41. The van der Waals surface area contributed by atoms with E-state index in [1.165, 1.54) is 24.8 Å². The van der Waals surface area contributed by atoms with Crippen molar-refractivity contribution in [1.82, 2.24) is 5.32 Å². The quantitative estimate of drug-likeness (QED) is 0.851. The average molecular weight is 235 g/mol. The minimum Gasteiger partial charge on any atom is -0.493 e. The molecule has 0 aromatic heterocycles. The number of hydrogen-bond donors (Lipinski definition) is 1. The zero-order valence-corrected chi connectivity index (χ0v) is 10.8. The fourth-order valence-electron chi connectivity index (χ4n) is 2.49. The molecule has 1 aromatic rings. The molecule has 17 heavy (non-hydrogen) atoms. The number of hydrogen-bond acceptors (Lipinski definition) is 3. The summed E-state index contributed by atoms with van der Waals surface area (Å²) in [6.07, 6.45) is 4.00. The van der Waals surface area contributed by atoms with Crippen LogP contribution in [-0.4, -0.2) is 21.3 Å². The highest BCUT2D eigenvalue weighted by Gasteiger charge is 2.27. The van der Waals surface area contributed by atoms with Crippen molar-refractivity contribution in [2.24, 2.45) is 5.92 Å². The van der Waals surface area contributed by atoms with E-state index < -0.39 is 0 Å². The lowest BCUT2D eigenvalue weighted by Crippen LogP contribution is -2.29. The number of rotatable bonds is 5. The predicted octanol–water partition coefficient (Wildman–Crippen LogP) is 2.76. The molecule has 1 saturated carbocycles. The molecule has 0 radical (unpaired) electrons. The Morgan fingerprint density at radius 1 is 1.18 bits per heavy atom. The summed E-state index contributed by atoms with van der Waals surface area (Å²) in [5.41, 5.74) is 1.29. The topological polar surface area (TPSA) is 30.5 Å². The highest BCUT2D eigenvalue weighted by atomic mass is 16.5. The summed E-state index contributed by atoms with van der Waals surface area (Å²) >= 11 is 0. The Morgan fingerprint density at radius 3 is 2.35 bits per heavy atom. The molecule has 1 fully saturated rings. The van der Waals surface area contributed by atoms with Crippen LogP contribution in [0.1, 0.15) is 30.9 Å². The Labute approximate surface area is 103 Å². The normalized spacial score (nSPS) is 17.4. The van der Waals surface area contributed by atoms with Gasteiger partial charge in [0.2, 0.25) is 0 Å². The molecule has 1 unspecified atom stereocenters. The van der Waals surface area contributed by atoms with Crippen LogP contribution in [0.15, 0.2) is 18.2 Å². The van der Waals surface area contributed by atoms with Gasteiger partial charge in [-0.3, -0.25) is 0 Å². The SMILES string of the molecule is CNC(c1ccc(OC)c(OC)c1)C1CCC1. The molecule has 1 aliphatic carbocycles. The molecule has 1 aliphatic rings. The lowest BCUT2D eigenvalue weighted by atomic mass is 9.77. The third kappa shape index (κ3) is 2.39. The number of benzene rings is 1. The van der Waals surface area contributed by atoms with Gasteiger partial charge in [0, 0.05) is 6.04 Å². The van der Waals surface area contributed by atoms with E-state index in [2.05, 4.69) is 17.4 Å². The van der Waals surface area contributed by atoms with Crippen LogP contribution >= 0.6 is 0 Å². The number of nitrogens with one attached hydrogen (secondary N) is 1. The van der Waals surface area contributed by atoms with Crippen molar-refractivity contribution in [1.29, 1.82) is 0 Å². The van der Waals surface area contributed by atoms with Crippen LogP contribution in [0.5, 0.6) is 11.5 Å². The monoisotopic (exact) mass is 235 g/mol. The van der Waals surface area contributed by atoms with Crippen LogP contribution < -0.4 is 14.8 Å². The fourth-order valence-corrected chi connectivity index (χ4v) is 2.49. The lowest BCUT2D eigenvalue weighted by molar-refractivity contribution is 0.239. The first-order valence-corrected chi connectivity index (χ1v) is 6.19. The fraction of sp³-hybridized carbons (Fsp3) is 0.571. The van der Waals surface area contributed by atoms with Crippen molar-refractivity contribution in [3.8, 4) is 11.5 Å². The summed E-state index contributed by atoms with van der Waals surface area (Å²) in [5.74, 6) is 2.36. The van der Waals surface area contributed by atoms with E-state index in [0.717, 1.165) is 17.4 Å². The smallest absolute Gasteiger partial charge is 0.161 e. The zero-order chi connectivity index (χ0) is 12.3. The molecular weight excluding hydrogens is 214 g/mol. The van der Waals surface area contributed by atoms with Gasteiger partial charge in [-0.1, -0.05) is 12.5 Å². The van der Waals surface area contributed by atoms with Gasteiger partial charge in [0.15, 0.2) is 11.5 Å².